The molecule has 0 amide bonds. The molecule has 2 nitrogen and oxygen atoms in total. The van der Waals surface area contributed by atoms with Crippen LogP contribution < -0.4 is 5.56 Å². The summed E-state index contributed by atoms with van der Waals surface area (Å²) in [6.45, 7) is 0. The van der Waals surface area contributed by atoms with Crippen LogP contribution in [0.5, 0.6) is 0 Å². The lowest BCUT2D eigenvalue weighted by Crippen LogP contribution is -2.05. The lowest BCUT2D eigenvalue weighted by Gasteiger charge is -2.07. The fraction of sp³-hybridized carbons (Fsp3) is 0. The van der Waals surface area contributed by atoms with E-state index in [9.17, 15) is 4.79 Å². The van der Waals surface area contributed by atoms with Gasteiger partial charge in [-0.1, -0.05) is 36.4 Å². The summed E-state index contributed by atoms with van der Waals surface area (Å²) in [5.41, 5.74) is 2.21. The van der Waals surface area contributed by atoms with Gasteiger partial charge in [0, 0.05) is 27.4 Å². The van der Waals surface area contributed by atoms with Gasteiger partial charge in [-0.15, -0.1) is 11.3 Å². The Labute approximate surface area is 119 Å². The van der Waals surface area contributed by atoms with Gasteiger partial charge in [0.2, 0.25) is 0 Å². The highest BCUT2D eigenvalue weighted by Gasteiger charge is 2.09. The smallest absolute Gasteiger partial charge is 0.255 e. The Morgan fingerprint density at radius 1 is 0.850 bits per heavy atom. The van der Waals surface area contributed by atoms with Crippen molar-refractivity contribution < 1.29 is 0 Å². The highest BCUT2D eigenvalue weighted by molar-refractivity contribution is 7.17. The zero-order valence-electron chi connectivity index (χ0n) is 10.6. The van der Waals surface area contributed by atoms with E-state index in [1.165, 1.54) is 15.6 Å². The van der Waals surface area contributed by atoms with Crippen molar-refractivity contribution in [2.45, 2.75) is 0 Å². The number of benzene rings is 2. The third-order valence-corrected chi connectivity index (χ3v) is 4.54. The normalized spacial score (nSPS) is 11.2. The summed E-state index contributed by atoms with van der Waals surface area (Å²) in [7, 11) is 0. The quantitative estimate of drug-likeness (QED) is 0.549. The number of H-pyrrole nitrogens is 1. The van der Waals surface area contributed by atoms with E-state index >= 15 is 0 Å². The Balaban J connectivity index is 2.16. The molecule has 4 aromatic rings. The molecule has 0 aliphatic rings. The summed E-state index contributed by atoms with van der Waals surface area (Å²) < 4.78 is 1.25. The van der Waals surface area contributed by atoms with E-state index in [1.54, 1.807) is 11.3 Å². The molecule has 20 heavy (non-hydrogen) atoms. The van der Waals surface area contributed by atoms with Crippen LogP contribution in [0.3, 0.4) is 0 Å². The zero-order valence-corrected chi connectivity index (χ0v) is 11.4. The molecule has 1 N–H and O–H groups in total. The largest absolute Gasteiger partial charge is 0.328 e. The van der Waals surface area contributed by atoms with Crippen molar-refractivity contribution in [3.8, 4) is 11.1 Å². The van der Waals surface area contributed by atoms with Crippen LogP contribution in [0.15, 0.2) is 64.9 Å². The van der Waals surface area contributed by atoms with Crippen LogP contribution >= 0.6 is 11.3 Å². The summed E-state index contributed by atoms with van der Waals surface area (Å²) in [6, 6.07) is 16.1. The Morgan fingerprint density at radius 2 is 1.70 bits per heavy atom. The first kappa shape index (κ1) is 11.4. The van der Waals surface area contributed by atoms with Gasteiger partial charge in [0.1, 0.15) is 0 Å². The van der Waals surface area contributed by atoms with Crippen molar-refractivity contribution in [2.75, 3.05) is 0 Å². The van der Waals surface area contributed by atoms with Crippen molar-refractivity contribution >= 4 is 32.2 Å². The second-order valence-electron chi connectivity index (χ2n) is 4.72. The summed E-state index contributed by atoms with van der Waals surface area (Å²) in [6.07, 6.45) is 1.82. The monoisotopic (exact) mass is 277 g/mol. The highest BCUT2D eigenvalue weighted by atomic mass is 32.1. The Morgan fingerprint density at radius 3 is 2.60 bits per heavy atom. The van der Waals surface area contributed by atoms with Crippen molar-refractivity contribution in [2.24, 2.45) is 0 Å². The average Bonchev–Trinajstić information content (AvgIpc) is 2.97. The third kappa shape index (κ3) is 1.60. The van der Waals surface area contributed by atoms with Gasteiger partial charge in [0.05, 0.1) is 0 Å². The first-order chi connectivity index (χ1) is 9.84. The number of hydrogen-bond donors (Lipinski definition) is 1. The predicted octanol–water partition coefficient (Wildman–Crippen LogP) is 4.41. The van der Waals surface area contributed by atoms with Crippen LogP contribution in [-0.2, 0) is 0 Å². The number of thiophene rings is 1. The summed E-state index contributed by atoms with van der Waals surface area (Å²) >= 11 is 1.73. The van der Waals surface area contributed by atoms with Gasteiger partial charge >= 0.3 is 0 Å². The molecule has 0 spiro atoms. The van der Waals surface area contributed by atoms with Crippen LogP contribution in [0.1, 0.15) is 0 Å². The summed E-state index contributed by atoms with van der Waals surface area (Å²) in [4.78, 5) is 14.8. The molecule has 0 aliphatic carbocycles. The number of hydrogen-bond acceptors (Lipinski definition) is 2. The molecule has 0 aliphatic heterocycles. The molecule has 0 atom stereocenters. The van der Waals surface area contributed by atoms with Gasteiger partial charge in [-0.3, -0.25) is 4.79 Å². The van der Waals surface area contributed by atoms with E-state index in [4.69, 9.17) is 0 Å². The van der Waals surface area contributed by atoms with Crippen molar-refractivity contribution in [1.29, 1.82) is 0 Å². The minimum atomic E-state index is -0.0392. The second-order valence-corrected chi connectivity index (χ2v) is 5.64. The molecule has 3 heteroatoms. The van der Waals surface area contributed by atoms with E-state index in [1.807, 2.05) is 30.5 Å². The zero-order chi connectivity index (χ0) is 13.5. The fourth-order valence-corrected chi connectivity index (χ4v) is 3.57. The number of fused-ring (bicyclic) bond motifs is 2. The van der Waals surface area contributed by atoms with Gasteiger partial charge in [0.15, 0.2) is 0 Å². The topological polar surface area (TPSA) is 32.9 Å². The van der Waals surface area contributed by atoms with Crippen molar-refractivity contribution in [1.82, 2.24) is 4.98 Å². The van der Waals surface area contributed by atoms with Gasteiger partial charge in [0.25, 0.3) is 5.56 Å². The number of nitrogens with one attached hydrogen (secondary N) is 1. The molecule has 0 fully saturated rings. The fourth-order valence-electron chi connectivity index (χ4n) is 2.64. The lowest BCUT2D eigenvalue weighted by molar-refractivity contribution is 1.28. The Hall–Kier alpha value is -2.39. The molecule has 0 unspecified atom stereocenters. The average molecular weight is 277 g/mol. The Kier molecular flexibility index (Phi) is 2.47. The maximum absolute atomic E-state index is 11.9. The van der Waals surface area contributed by atoms with Crippen LogP contribution in [-0.4, -0.2) is 4.98 Å². The molecule has 96 valence electrons. The van der Waals surface area contributed by atoms with Crippen LogP contribution in [0, 0.1) is 0 Å². The van der Waals surface area contributed by atoms with E-state index in [0.29, 0.717) is 0 Å². The minimum Gasteiger partial charge on any atom is -0.328 e. The molecular formula is C17H11NOS. The van der Waals surface area contributed by atoms with Crippen LogP contribution in [0.25, 0.3) is 32.0 Å². The predicted molar refractivity (Wildman–Crippen MR) is 85.4 cm³/mol. The molecule has 2 heterocycles. The van der Waals surface area contributed by atoms with Crippen LogP contribution in [0.2, 0.25) is 0 Å². The molecule has 4 rings (SSSR count). The standard InChI is InChI=1S/C17H11NOS/c19-17-14-6-2-1-5-12(14)15(10-18-17)13-7-3-4-11-8-9-20-16(11)13/h1-10H,(H,18,19). The lowest BCUT2D eigenvalue weighted by atomic mass is 10.00. The molecule has 0 radical (unpaired) electrons. The number of pyridine rings is 1. The third-order valence-electron chi connectivity index (χ3n) is 3.58. The van der Waals surface area contributed by atoms with Gasteiger partial charge in [-0.25, -0.2) is 0 Å². The first-order valence-electron chi connectivity index (χ1n) is 6.41. The molecule has 2 aromatic carbocycles. The van der Waals surface area contributed by atoms with Gasteiger partial charge in [-0.05, 0) is 28.3 Å². The Bertz CT molecular complexity index is 981. The SMILES string of the molecule is O=c1[nH]cc(-c2cccc3ccsc23)c2ccccc12. The van der Waals surface area contributed by atoms with Crippen molar-refractivity contribution in [3.63, 3.8) is 0 Å². The number of aromatic amines is 1. The maximum Gasteiger partial charge on any atom is 0.255 e. The van der Waals surface area contributed by atoms with E-state index < -0.39 is 0 Å². The van der Waals surface area contributed by atoms with Crippen molar-refractivity contribution in [3.05, 3.63) is 70.5 Å². The summed E-state index contributed by atoms with van der Waals surface area (Å²) in [5, 5.41) is 5.07. The number of aromatic nitrogens is 1. The number of rotatable bonds is 1. The maximum atomic E-state index is 11.9. The van der Waals surface area contributed by atoms with Crippen LogP contribution in [0.4, 0.5) is 0 Å². The highest BCUT2D eigenvalue weighted by Crippen LogP contribution is 2.34. The molecule has 0 bridgehead atoms. The first-order valence-corrected chi connectivity index (χ1v) is 7.29. The minimum absolute atomic E-state index is 0.0392. The molecule has 2 aromatic heterocycles. The molecule has 0 saturated carbocycles. The van der Waals surface area contributed by atoms with E-state index in [2.05, 4.69) is 34.6 Å². The molecule has 0 saturated heterocycles. The van der Waals surface area contributed by atoms with Gasteiger partial charge < -0.3 is 4.98 Å². The van der Waals surface area contributed by atoms with E-state index in [-0.39, 0.29) is 5.56 Å². The molecular weight excluding hydrogens is 266 g/mol. The second kappa shape index (κ2) is 4.32. The van der Waals surface area contributed by atoms with E-state index in [0.717, 1.165) is 16.3 Å². The summed E-state index contributed by atoms with van der Waals surface area (Å²) in [5.74, 6) is 0. The van der Waals surface area contributed by atoms with Gasteiger partial charge in [-0.2, -0.15) is 0 Å².